The Morgan fingerprint density at radius 1 is 1.14 bits per heavy atom. The lowest BCUT2D eigenvalue weighted by molar-refractivity contribution is -0.114. The van der Waals surface area contributed by atoms with E-state index in [1.54, 1.807) is 16.7 Å². The smallest absolute Gasteiger partial charge is 0.156 e. The molecule has 0 unspecified atom stereocenters. The molecule has 0 spiro atoms. The normalized spacial score (nSPS) is 40.8. The van der Waals surface area contributed by atoms with E-state index in [9.17, 15) is 4.79 Å². The summed E-state index contributed by atoms with van der Waals surface area (Å²) in [6.07, 6.45) is 13.9. The van der Waals surface area contributed by atoms with Crippen molar-refractivity contribution in [3.8, 4) is 0 Å². The van der Waals surface area contributed by atoms with Gasteiger partial charge in [-0.2, -0.15) is 0 Å². The van der Waals surface area contributed by atoms with Crippen LogP contribution in [0.15, 0.2) is 34.4 Å². The molecule has 2 fully saturated rings. The highest BCUT2D eigenvalue weighted by molar-refractivity contribution is 5.93. The summed E-state index contributed by atoms with van der Waals surface area (Å²) in [4.78, 5) is 11.7. The molecule has 112 valence electrons. The van der Waals surface area contributed by atoms with Gasteiger partial charge in [-0.05, 0) is 86.3 Å². The molecule has 1 nitrogen and oxygen atoms in total. The molecule has 4 aliphatic rings. The van der Waals surface area contributed by atoms with Gasteiger partial charge in [-0.1, -0.05) is 24.1 Å². The minimum atomic E-state index is 0.352. The Bertz CT molecular complexity index is 589. The van der Waals surface area contributed by atoms with E-state index in [1.807, 2.05) is 6.08 Å². The van der Waals surface area contributed by atoms with Gasteiger partial charge in [0.2, 0.25) is 0 Å². The zero-order chi connectivity index (χ0) is 14.6. The van der Waals surface area contributed by atoms with Crippen molar-refractivity contribution in [1.82, 2.24) is 0 Å². The summed E-state index contributed by atoms with van der Waals surface area (Å²) in [7, 11) is 0. The van der Waals surface area contributed by atoms with Crippen LogP contribution in [0.5, 0.6) is 0 Å². The standard InChI is InChI=1S/C20H26O/c1-3-14-5-9-19-18-7-4-13-12-15(21)6-8-16(13)17(18)10-11-20(14,19)2/h3,12,18-19H,4-11H2,1-2H3/b14-3+/t18-,19+,20-/m1/s1. The second-order valence-electron chi connectivity index (χ2n) is 7.66. The van der Waals surface area contributed by atoms with Crippen LogP contribution in [0, 0.1) is 17.3 Å². The number of ketones is 1. The Hall–Kier alpha value is -1.11. The van der Waals surface area contributed by atoms with Crippen molar-refractivity contribution < 1.29 is 4.79 Å². The van der Waals surface area contributed by atoms with Crippen molar-refractivity contribution >= 4 is 5.78 Å². The number of carbonyl (C=O) groups excluding carboxylic acids is 1. The molecule has 0 aliphatic heterocycles. The number of carbonyl (C=O) groups is 1. The molecule has 1 heteroatoms. The Kier molecular flexibility index (Phi) is 3.03. The summed E-state index contributed by atoms with van der Waals surface area (Å²) in [6, 6.07) is 0. The topological polar surface area (TPSA) is 17.1 Å². The third-order valence-corrected chi connectivity index (χ3v) is 6.93. The summed E-state index contributed by atoms with van der Waals surface area (Å²) in [5.41, 5.74) is 6.93. The first-order valence-electron chi connectivity index (χ1n) is 8.75. The lowest BCUT2D eigenvalue weighted by atomic mass is 9.57. The molecular formula is C20H26O. The summed E-state index contributed by atoms with van der Waals surface area (Å²) >= 11 is 0. The van der Waals surface area contributed by atoms with E-state index in [4.69, 9.17) is 0 Å². The van der Waals surface area contributed by atoms with Crippen LogP contribution in [-0.4, -0.2) is 5.78 Å². The van der Waals surface area contributed by atoms with Gasteiger partial charge in [-0.3, -0.25) is 4.79 Å². The number of hydrogen-bond donors (Lipinski definition) is 0. The van der Waals surface area contributed by atoms with Gasteiger partial charge in [0.15, 0.2) is 5.78 Å². The fraction of sp³-hybridized carbons (Fsp3) is 0.650. The third kappa shape index (κ3) is 1.86. The molecule has 0 aromatic rings. The van der Waals surface area contributed by atoms with Crippen molar-refractivity contribution in [2.24, 2.45) is 17.3 Å². The molecule has 0 heterocycles. The first kappa shape index (κ1) is 13.5. The predicted molar refractivity (Wildman–Crippen MR) is 85.9 cm³/mol. The lowest BCUT2D eigenvalue weighted by Crippen LogP contribution is -2.37. The van der Waals surface area contributed by atoms with E-state index in [-0.39, 0.29) is 0 Å². The monoisotopic (exact) mass is 282 g/mol. The van der Waals surface area contributed by atoms with E-state index >= 15 is 0 Å². The van der Waals surface area contributed by atoms with Gasteiger partial charge in [0.25, 0.3) is 0 Å². The van der Waals surface area contributed by atoms with E-state index in [1.165, 1.54) is 37.7 Å². The number of fused-ring (bicyclic) bond motifs is 4. The van der Waals surface area contributed by atoms with Crippen LogP contribution in [0.1, 0.15) is 65.2 Å². The van der Waals surface area contributed by atoms with Crippen LogP contribution in [0.2, 0.25) is 0 Å². The first-order chi connectivity index (χ1) is 10.1. The summed E-state index contributed by atoms with van der Waals surface area (Å²) < 4.78 is 0. The van der Waals surface area contributed by atoms with Crippen LogP contribution < -0.4 is 0 Å². The Labute approximate surface area is 128 Å². The fourth-order valence-corrected chi connectivity index (χ4v) is 5.85. The van der Waals surface area contributed by atoms with Gasteiger partial charge in [0.05, 0.1) is 0 Å². The van der Waals surface area contributed by atoms with Crippen molar-refractivity contribution in [1.29, 1.82) is 0 Å². The Morgan fingerprint density at radius 3 is 2.81 bits per heavy atom. The zero-order valence-corrected chi connectivity index (χ0v) is 13.4. The number of hydrogen-bond acceptors (Lipinski definition) is 1. The molecule has 4 aliphatic carbocycles. The SMILES string of the molecule is C/C=C1\CC[C@H]2[C@@H]3CCC4=CC(=O)CCC4=C3CC[C@]12C. The number of rotatable bonds is 0. The lowest BCUT2D eigenvalue weighted by Gasteiger charge is -2.47. The van der Waals surface area contributed by atoms with Crippen molar-refractivity contribution in [3.05, 3.63) is 34.4 Å². The maximum Gasteiger partial charge on any atom is 0.156 e. The van der Waals surface area contributed by atoms with Gasteiger partial charge in [-0.15, -0.1) is 0 Å². The van der Waals surface area contributed by atoms with E-state index in [2.05, 4.69) is 19.9 Å². The highest BCUT2D eigenvalue weighted by Crippen LogP contribution is 2.61. The second kappa shape index (κ2) is 4.69. The molecule has 3 atom stereocenters. The van der Waals surface area contributed by atoms with Gasteiger partial charge in [0.1, 0.15) is 0 Å². The van der Waals surface area contributed by atoms with Gasteiger partial charge >= 0.3 is 0 Å². The van der Waals surface area contributed by atoms with Crippen molar-refractivity contribution in [3.63, 3.8) is 0 Å². The molecule has 4 rings (SSSR count). The van der Waals surface area contributed by atoms with Gasteiger partial charge < -0.3 is 0 Å². The summed E-state index contributed by atoms with van der Waals surface area (Å²) in [5, 5.41) is 0. The molecule has 0 radical (unpaired) electrons. The van der Waals surface area contributed by atoms with E-state index in [0.717, 1.165) is 31.1 Å². The van der Waals surface area contributed by atoms with Gasteiger partial charge in [-0.25, -0.2) is 0 Å². The van der Waals surface area contributed by atoms with Crippen LogP contribution in [0.25, 0.3) is 0 Å². The van der Waals surface area contributed by atoms with Crippen LogP contribution in [0.4, 0.5) is 0 Å². The highest BCUT2D eigenvalue weighted by atomic mass is 16.1. The van der Waals surface area contributed by atoms with Crippen LogP contribution in [-0.2, 0) is 4.79 Å². The first-order valence-corrected chi connectivity index (χ1v) is 8.75. The molecule has 0 saturated heterocycles. The average Bonchev–Trinajstić information content (AvgIpc) is 2.83. The number of allylic oxidation sites excluding steroid dienone is 6. The average molecular weight is 282 g/mol. The molecule has 2 saturated carbocycles. The fourth-order valence-electron chi connectivity index (χ4n) is 5.85. The molecule has 0 aromatic heterocycles. The zero-order valence-electron chi connectivity index (χ0n) is 13.4. The molecule has 0 aromatic carbocycles. The minimum absolute atomic E-state index is 0.352. The van der Waals surface area contributed by atoms with E-state index < -0.39 is 0 Å². The van der Waals surface area contributed by atoms with Crippen molar-refractivity contribution in [2.45, 2.75) is 65.2 Å². The van der Waals surface area contributed by atoms with Crippen LogP contribution in [0.3, 0.4) is 0 Å². The van der Waals surface area contributed by atoms with Gasteiger partial charge in [0, 0.05) is 6.42 Å². The maximum atomic E-state index is 11.7. The second-order valence-corrected chi connectivity index (χ2v) is 7.66. The summed E-state index contributed by atoms with van der Waals surface area (Å²) in [6.45, 7) is 4.75. The molecule has 0 N–H and O–H groups in total. The van der Waals surface area contributed by atoms with Crippen LogP contribution >= 0.6 is 0 Å². The predicted octanol–water partition coefficient (Wildman–Crippen LogP) is 5.14. The highest BCUT2D eigenvalue weighted by Gasteiger charge is 2.50. The third-order valence-electron chi connectivity index (χ3n) is 6.93. The maximum absolute atomic E-state index is 11.7. The quantitative estimate of drug-likeness (QED) is 0.562. The van der Waals surface area contributed by atoms with Crippen molar-refractivity contribution in [2.75, 3.05) is 0 Å². The molecule has 21 heavy (non-hydrogen) atoms. The Morgan fingerprint density at radius 2 is 2.00 bits per heavy atom. The molecule has 0 amide bonds. The van der Waals surface area contributed by atoms with E-state index in [0.29, 0.717) is 11.2 Å². The minimum Gasteiger partial charge on any atom is -0.295 e. The summed E-state index contributed by atoms with van der Waals surface area (Å²) in [5.74, 6) is 2.02. The molecule has 0 bridgehead atoms. The molecular weight excluding hydrogens is 256 g/mol. The largest absolute Gasteiger partial charge is 0.295 e. The Balaban J connectivity index is 1.75.